The van der Waals surface area contributed by atoms with Crippen molar-refractivity contribution in [3.8, 4) is 28.6 Å². The lowest BCUT2D eigenvalue weighted by Gasteiger charge is -2.16. The molecule has 0 saturated carbocycles. The Morgan fingerprint density at radius 1 is 1.00 bits per heavy atom. The molecule has 8 nitrogen and oxygen atoms in total. The van der Waals surface area contributed by atoms with Gasteiger partial charge in [0.1, 0.15) is 28.9 Å². The standard InChI is InChI=1S/C27H24FN3O5S/c1-15-11-16(2)26(17(3)12-15)36-27-19(8-9-21(30-27)20-13-18(28)7-10-22(20)32)23(33)14-37(34,35)25-6-4-5-24(29)31-25/h4-13,32H,14H2,1-3H3,(H2,29,31). The van der Waals surface area contributed by atoms with Crippen molar-refractivity contribution in [2.45, 2.75) is 25.8 Å². The molecule has 0 aliphatic carbocycles. The highest BCUT2D eigenvalue weighted by Crippen LogP contribution is 2.35. The second-order valence-corrected chi connectivity index (χ2v) is 10.6. The van der Waals surface area contributed by atoms with Crippen LogP contribution in [0.15, 0.2) is 65.7 Å². The molecule has 0 atom stereocenters. The second-order valence-electron chi connectivity index (χ2n) is 8.62. The monoisotopic (exact) mass is 521 g/mol. The van der Waals surface area contributed by atoms with Crippen molar-refractivity contribution >= 4 is 21.4 Å². The summed E-state index contributed by atoms with van der Waals surface area (Å²) in [5.74, 6) is -2.25. The van der Waals surface area contributed by atoms with E-state index in [1.807, 2.05) is 32.9 Å². The highest BCUT2D eigenvalue weighted by Gasteiger charge is 2.26. The highest BCUT2D eigenvalue weighted by atomic mass is 32.2. The summed E-state index contributed by atoms with van der Waals surface area (Å²) in [6.07, 6.45) is 0. The quantitative estimate of drug-likeness (QED) is 0.327. The summed E-state index contributed by atoms with van der Waals surface area (Å²) in [5.41, 5.74) is 8.26. The Kier molecular flexibility index (Phi) is 6.95. The number of benzene rings is 2. The number of hydrogen-bond acceptors (Lipinski definition) is 8. The molecule has 2 aromatic carbocycles. The number of nitrogens with zero attached hydrogens (tertiary/aromatic N) is 2. The number of phenolic OH excluding ortho intramolecular Hbond substituents is 1. The van der Waals surface area contributed by atoms with Crippen LogP contribution in [0.1, 0.15) is 27.0 Å². The second kappa shape index (κ2) is 9.98. The first-order valence-electron chi connectivity index (χ1n) is 11.2. The van der Waals surface area contributed by atoms with Gasteiger partial charge in [0, 0.05) is 5.56 Å². The number of hydrogen-bond donors (Lipinski definition) is 2. The number of carbonyl (C=O) groups is 1. The van der Waals surface area contributed by atoms with Crippen LogP contribution in [0.25, 0.3) is 11.3 Å². The molecule has 0 amide bonds. The molecule has 0 bridgehead atoms. The van der Waals surface area contributed by atoms with Crippen LogP contribution in [0.3, 0.4) is 0 Å². The van der Waals surface area contributed by atoms with Crippen LogP contribution in [-0.2, 0) is 9.84 Å². The summed E-state index contributed by atoms with van der Waals surface area (Å²) in [6.45, 7) is 5.59. The molecule has 0 aliphatic rings. The lowest BCUT2D eigenvalue weighted by Crippen LogP contribution is -2.19. The zero-order chi connectivity index (χ0) is 26.9. The number of phenols is 1. The van der Waals surface area contributed by atoms with Crippen LogP contribution in [0.2, 0.25) is 0 Å². The van der Waals surface area contributed by atoms with Gasteiger partial charge in [-0.1, -0.05) is 23.8 Å². The molecule has 0 fully saturated rings. The molecule has 3 N–H and O–H groups in total. The van der Waals surface area contributed by atoms with Crippen molar-refractivity contribution in [3.63, 3.8) is 0 Å². The molecule has 0 radical (unpaired) electrons. The molecule has 37 heavy (non-hydrogen) atoms. The average Bonchev–Trinajstić information content (AvgIpc) is 2.82. The first kappa shape index (κ1) is 25.8. The molecule has 10 heteroatoms. The molecule has 4 aromatic rings. The minimum Gasteiger partial charge on any atom is -0.507 e. The van der Waals surface area contributed by atoms with E-state index in [1.165, 1.54) is 36.4 Å². The maximum absolute atomic E-state index is 13.9. The third-order valence-electron chi connectivity index (χ3n) is 5.58. The fraction of sp³-hybridized carbons (Fsp3) is 0.148. The Balaban J connectivity index is 1.81. The molecule has 190 valence electrons. The number of rotatable bonds is 7. The maximum atomic E-state index is 13.9. The Morgan fingerprint density at radius 2 is 1.70 bits per heavy atom. The Labute approximate surface area is 213 Å². The van der Waals surface area contributed by atoms with E-state index in [9.17, 15) is 22.7 Å². The summed E-state index contributed by atoms with van der Waals surface area (Å²) in [7, 11) is -4.13. The number of carbonyl (C=O) groups excluding carboxylic acids is 1. The van der Waals surface area contributed by atoms with Crippen molar-refractivity contribution in [2.24, 2.45) is 0 Å². The van der Waals surface area contributed by atoms with Crippen LogP contribution in [0.5, 0.6) is 17.4 Å². The van der Waals surface area contributed by atoms with Gasteiger partial charge in [-0.05, 0) is 74.4 Å². The Bertz CT molecular complexity index is 1610. The predicted octanol–water partition coefficient (Wildman–Crippen LogP) is 4.94. The van der Waals surface area contributed by atoms with E-state index in [4.69, 9.17) is 10.5 Å². The molecule has 2 heterocycles. The fourth-order valence-corrected chi connectivity index (χ4v) is 5.13. The summed E-state index contributed by atoms with van der Waals surface area (Å²) in [6, 6.07) is 14.0. The first-order valence-corrected chi connectivity index (χ1v) is 12.8. The molecule has 0 aliphatic heterocycles. The van der Waals surface area contributed by atoms with Gasteiger partial charge in [0.15, 0.2) is 10.8 Å². The van der Waals surface area contributed by atoms with Gasteiger partial charge in [-0.25, -0.2) is 22.8 Å². The van der Waals surface area contributed by atoms with Crippen LogP contribution >= 0.6 is 0 Å². The normalized spacial score (nSPS) is 11.4. The number of Topliss-reactive ketones (excluding diaryl/α,β-unsaturated/α-hetero) is 1. The van der Waals surface area contributed by atoms with Gasteiger partial charge in [-0.3, -0.25) is 4.79 Å². The van der Waals surface area contributed by atoms with Gasteiger partial charge in [0.2, 0.25) is 15.7 Å². The molecule has 0 unspecified atom stereocenters. The highest BCUT2D eigenvalue weighted by molar-refractivity contribution is 7.92. The van der Waals surface area contributed by atoms with Crippen molar-refractivity contribution in [2.75, 3.05) is 11.5 Å². The number of ether oxygens (including phenoxy) is 1. The SMILES string of the molecule is Cc1cc(C)c(Oc2nc(-c3cc(F)ccc3O)ccc2C(=O)CS(=O)(=O)c2cccc(N)n2)c(C)c1. The van der Waals surface area contributed by atoms with Crippen molar-refractivity contribution in [3.05, 3.63) is 88.7 Å². The number of pyridine rings is 2. The number of aromatic nitrogens is 2. The van der Waals surface area contributed by atoms with Gasteiger partial charge in [0.05, 0.1) is 11.3 Å². The predicted molar refractivity (Wildman–Crippen MR) is 137 cm³/mol. The van der Waals surface area contributed by atoms with Crippen molar-refractivity contribution in [1.29, 1.82) is 0 Å². The average molecular weight is 522 g/mol. The number of halogens is 1. The van der Waals surface area contributed by atoms with E-state index in [-0.39, 0.29) is 39.3 Å². The summed E-state index contributed by atoms with van der Waals surface area (Å²) in [4.78, 5) is 21.4. The number of sulfone groups is 1. The van der Waals surface area contributed by atoms with Crippen LogP contribution < -0.4 is 10.5 Å². The largest absolute Gasteiger partial charge is 0.507 e. The third kappa shape index (κ3) is 5.59. The lowest BCUT2D eigenvalue weighted by atomic mass is 10.1. The van der Waals surface area contributed by atoms with E-state index in [1.54, 1.807) is 0 Å². The Hall–Kier alpha value is -4.31. The molecular formula is C27H24FN3O5S. The maximum Gasteiger partial charge on any atom is 0.230 e. The molecule has 2 aromatic heterocycles. The van der Waals surface area contributed by atoms with E-state index < -0.39 is 27.2 Å². The van der Waals surface area contributed by atoms with E-state index in [2.05, 4.69) is 9.97 Å². The van der Waals surface area contributed by atoms with Crippen molar-refractivity contribution in [1.82, 2.24) is 9.97 Å². The third-order valence-corrected chi connectivity index (χ3v) is 7.09. The number of nitrogens with two attached hydrogens (primary N) is 1. The summed E-state index contributed by atoms with van der Waals surface area (Å²) >= 11 is 0. The van der Waals surface area contributed by atoms with E-state index in [0.29, 0.717) is 5.75 Å². The van der Waals surface area contributed by atoms with Gasteiger partial charge in [0.25, 0.3) is 0 Å². The number of anilines is 1. The minimum atomic E-state index is -4.13. The van der Waals surface area contributed by atoms with Gasteiger partial charge >= 0.3 is 0 Å². The van der Waals surface area contributed by atoms with E-state index >= 15 is 0 Å². The lowest BCUT2D eigenvalue weighted by molar-refractivity contribution is 0.101. The smallest absolute Gasteiger partial charge is 0.230 e. The number of aromatic hydroxyl groups is 1. The van der Waals surface area contributed by atoms with Crippen LogP contribution in [0, 0.1) is 26.6 Å². The van der Waals surface area contributed by atoms with Gasteiger partial charge in [-0.15, -0.1) is 0 Å². The van der Waals surface area contributed by atoms with Gasteiger partial charge in [-0.2, -0.15) is 0 Å². The molecular weight excluding hydrogens is 497 g/mol. The number of ketones is 1. The minimum absolute atomic E-state index is 0.00351. The zero-order valence-electron chi connectivity index (χ0n) is 20.3. The van der Waals surface area contributed by atoms with Crippen LogP contribution in [-0.4, -0.2) is 35.0 Å². The summed E-state index contributed by atoms with van der Waals surface area (Å²) in [5, 5.41) is 9.93. The molecule has 0 saturated heterocycles. The van der Waals surface area contributed by atoms with Crippen LogP contribution in [0.4, 0.5) is 10.2 Å². The number of nitrogen functional groups attached to an aromatic ring is 1. The Morgan fingerprint density at radius 3 is 2.38 bits per heavy atom. The summed E-state index contributed by atoms with van der Waals surface area (Å²) < 4.78 is 45.7. The zero-order valence-corrected chi connectivity index (χ0v) is 21.1. The topological polar surface area (TPSA) is 132 Å². The molecule has 0 spiro atoms. The molecule has 4 rings (SSSR count). The van der Waals surface area contributed by atoms with E-state index in [0.717, 1.165) is 28.8 Å². The van der Waals surface area contributed by atoms with Crippen molar-refractivity contribution < 1.29 is 27.4 Å². The number of aryl methyl sites for hydroxylation is 3. The first-order chi connectivity index (χ1) is 17.4. The van der Waals surface area contributed by atoms with Gasteiger partial charge < -0.3 is 15.6 Å². The fourth-order valence-electron chi connectivity index (χ4n) is 3.95.